The lowest BCUT2D eigenvalue weighted by atomic mass is 10.1. The highest BCUT2D eigenvalue weighted by atomic mass is 32.2. The van der Waals surface area contributed by atoms with Crippen LogP contribution in [0.2, 0.25) is 0 Å². The van der Waals surface area contributed by atoms with Gasteiger partial charge in [0.05, 0.1) is 4.90 Å². The predicted molar refractivity (Wildman–Crippen MR) is 138 cm³/mol. The lowest BCUT2D eigenvalue weighted by molar-refractivity contribution is 0.0948. The summed E-state index contributed by atoms with van der Waals surface area (Å²) in [7, 11) is -3.63. The number of piperidine rings is 1. The highest BCUT2D eigenvalue weighted by Gasteiger charge is 2.27. The van der Waals surface area contributed by atoms with E-state index < -0.39 is 15.9 Å². The Morgan fingerprint density at radius 1 is 0.943 bits per heavy atom. The number of aryl methyl sites for hydroxylation is 1. The maximum Gasteiger partial charge on any atom is 0.255 e. The molecule has 1 aliphatic rings. The molecule has 1 heterocycles. The number of amides is 2. The normalized spacial score (nSPS) is 14.6. The Labute approximate surface area is 208 Å². The molecule has 0 spiro atoms. The fourth-order valence-corrected chi connectivity index (χ4v) is 5.68. The van der Waals surface area contributed by atoms with Gasteiger partial charge in [-0.2, -0.15) is 4.31 Å². The molecular formula is C26H36N4O4S. The van der Waals surface area contributed by atoms with Crippen molar-refractivity contribution < 1.29 is 18.0 Å². The maximum atomic E-state index is 13.0. The Morgan fingerprint density at radius 3 is 2.23 bits per heavy atom. The van der Waals surface area contributed by atoms with E-state index in [1.165, 1.54) is 10.4 Å². The molecule has 0 radical (unpaired) electrons. The number of carbonyl (C=O) groups is 2. The van der Waals surface area contributed by atoms with Crippen LogP contribution in [0.3, 0.4) is 0 Å². The number of benzene rings is 2. The highest BCUT2D eigenvalue weighted by molar-refractivity contribution is 7.89. The number of likely N-dealkylation sites (N-methyl/N-ethyl adjacent to an activating group) is 1. The summed E-state index contributed by atoms with van der Waals surface area (Å²) in [4.78, 5) is 27.7. The van der Waals surface area contributed by atoms with E-state index in [-0.39, 0.29) is 10.8 Å². The second kappa shape index (κ2) is 12.3. The van der Waals surface area contributed by atoms with E-state index in [4.69, 9.17) is 0 Å². The minimum Gasteiger partial charge on any atom is -0.351 e. The third kappa shape index (κ3) is 6.90. The van der Waals surface area contributed by atoms with Crippen LogP contribution in [0.25, 0.3) is 0 Å². The van der Waals surface area contributed by atoms with E-state index in [0.717, 1.165) is 38.9 Å². The monoisotopic (exact) mass is 500 g/mol. The first-order valence-corrected chi connectivity index (χ1v) is 13.7. The smallest absolute Gasteiger partial charge is 0.255 e. The van der Waals surface area contributed by atoms with Crippen molar-refractivity contribution >= 4 is 27.5 Å². The number of rotatable bonds is 10. The van der Waals surface area contributed by atoms with Crippen LogP contribution in [0.15, 0.2) is 47.4 Å². The molecule has 35 heavy (non-hydrogen) atoms. The molecule has 9 heteroatoms. The first-order chi connectivity index (χ1) is 16.8. The minimum atomic E-state index is -3.63. The van der Waals surface area contributed by atoms with Gasteiger partial charge in [-0.15, -0.1) is 0 Å². The third-order valence-electron chi connectivity index (χ3n) is 6.42. The van der Waals surface area contributed by atoms with E-state index in [2.05, 4.69) is 29.4 Å². The molecule has 0 aliphatic carbocycles. The molecule has 2 amide bonds. The first kappa shape index (κ1) is 26.8. The van der Waals surface area contributed by atoms with Crippen molar-refractivity contribution in [2.75, 3.05) is 44.6 Å². The van der Waals surface area contributed by atoms with Crippen molar-refractivity contribution in [1.29, 1.82) is 0 Å². The van der Waals surface area contributed by atoms with Crippen LogP contribution in [-0.4, -0.2) is 68.7 Å². The summed E-state index contributed by atoms with van der Waals surface area (Å²) in [5, 5.41) is 5.72. The summed E-state index contributed by atoms with van der Waals surface area (Å²) in [6, 6.07) is 11.3. The van der Waals surface area contributed by atoms with Crippen molar-refractivity contribution in [2.45, 2.75) is 44.9 Å². The molecule has 1 fully saturated rings. The number of nitrogens with zero attached hydrogens (tertiary/aromatic N) is 2. The van der Waals surface area contributed by atoms with Gasteiger partial charge < -0.3 is 15.5 Å². The van der Waals surface area contributed by atoms with E-state index in [0.29, 0.717) is 42.0 Å². The molecule has 1 aliphatic heterocycles. The molecule has 8 nitrogen and oxygen atoms in total. The highest BCUT2D eigenvalue weighted by Crippen LogP contribution is 2.23. The first-order valence-electron chi connectivity index (χ1n) is 12.3. The zero-order valence-corrected chi connectivity index (χ0v) is 21.7. The Kier molecular flexibility index (Phi) is 9.42. The second-order valence-electron chi connectivity index (χ2n) is 8.76. The van der Waals surface area contributed by atoms with E-state index in [1.54, 1.807) is 43.3 Å². The molecule has 2 aromatic carbocycles. The Bertz CT molecular complexity index is 1120. The molecule has 2 N–H and O–H groups in total. The molecule has 0 saturated carbocycles. The summed E-state index contributed by atoms with van der Waals surface area (Å²) in [5.41, 5.74) is 2.03. The van der Waals surface area contributed by atoms with Gasteiger partial charge in [-0.1, -0.05) is 26.3 Å². The fourth-order valence-electron chi connectivity index (χ4n) is 4.13. The van der Waals surface area contributed by atoms with Crippen LogP contribution in [0, 0.1) is 6.92 Å². The zero-order valence-electron chi connectivity index (χ0n) is 20.8. The largest absolute Gasteiger partial charge is 0.351 e. The molecule has 0 aromatic heterocycles. The van der Waals surface area contributed by atoms with Gasteiger partial charge in [0, 0.05) is 43.0 Å². The van der Waals surface area contributed by atoms with Crippen molar-refractivity contribution in [1.82, 2.24) is 14.5 Å². The van der Waals surface area contributed by atoms with Gasteiger partial charge in [-0.25, -0.2) is 8.42 Å². The Balaban J connectivity index is 1.65. The molecule has 1 saturated heterocycles. The zero-order chi connectivity index (χ0) is 25.4. The topological polar surface area (TPSA) is 98.8 Å². The second-order valence-corrected chi connectivity index (χ2v) is 10.7. The van der Waals surface area contributed by atoms with Crippen LogP contribution in [0.1, 0.15) is 59.4 Å². The van der Waals surface area contributed by atoms with E-state index >= 15 is 0 Å². The SMILES string of the molecule is CCN(CC)CCNC(=O)c1ccc(NC(=O)c2cc(S(=O)(=O)N3CCCCC3)ccc2C)cc1. The number of nitrogens with one attached hydrogen (secondary N) is 2. The number of sulfonamides is 1. The van der Waals surface area contributed by atoms with E-state index in [9.17, 15) is 18.0 Å². The quantitative estimate of drug-likeness (QED) is 0.520. The van der Waals surface area contributed by atoms with Crippen LogP contribution in [-0.2, 0) is 10.0 Å². The summed E-state index contributed by atoms with van der Waals surface area (Å²) < 4.78 is 27.6. The fraction of sp³-hybridized carbons (Fsp3) is 0.462. The predicted octanol–water partition coefficient (Wildman–Crippen LogP) is 3.49. The lowest BCUT2D eigenvalue weighted by Crippen LogP contribution is -2.35. The van der Waals surface area contributed by atoms with Crippen LogP contribution >= 0.6 is 0 Å². The van der Waals surface area contributed by atoms with E-state index in [1.807, 2.05) is 0 Å². The van der Waals surface area contributed by atoms with Crippen LogP contribution in [0.4, 0.5) is 5.69 Å². The lowest BCUT2D eigenvalue weighted by Gasteiger charge is -2.26. The van der Waals surface area contributed by atoms with Gasteiger partial charge in [0.1, 0.15) is 0 Å². The third-order valence-corrected chi connectivity index (χ3v) is 8.31. The number of anilines is 1. The maximum absolute atomic E-state index is 13.0. The van der Waals surface area contributed by atoms with Gasteiger partial charge in [-0.3, -0.25) is 9.59 Å². The number of carbonyl (C=O) groups excluding carboxylic acids is 2. The molecule has 190 valence electrons. The van der Waals surface area contributed by atoms with Gasteiger partial charge in [0.2, 0.25) is 10.0 Å². The Hall–Kier alpha value is -2.75. The molecule has 0 bridgehead atoms. The summed E-state index contributed by atoms with van der Waals surface area (Å²) >= 11 is 0. The average Bonchev–Trinajstić information content (AvgIpc) is 2.87. The molecule has 0 atom stereocenters. The molecule has 2 aromatic rings. The van der Waals surface area contributed by atoms with Gasteiger partial charge in [-0.05, 0) is 74.8 Å². The Morgan fingerprint density at radius 2 is 1.60 bits per heavy atom. The number of hydrogen-bond donors (Lipinski definition) is 2. The number of hydrogen-bond acceptors (Lipinski definition) is 5. The molecule has 3 rings (SSSR count). The van der Waals surface area contributed by atoms with Crippen molar-refractivity contribution in [2.24, 2.45) is 0 Å². The van der Waals surface area contributed by atoms with Crippen molar-refractivity contribution in [3.63, 3.8) is 0 Å². The van der Waals surface area contributed by atoms with Gasteiger partial charge in [0.15, 0.2) is 0 Å². The summed E-state index contributed by atoms with van der Waals surface area (Å²) in [6.07, 6.45) is 2.73. The minimum absolute atomic E-state index is 0.131. The van der Waals surface area contributed by atoms with Gasteiger partial charge >= 0.3 is 0 Å². The molecule has 0 unspecified atom stereocenters. The van der Waals surface area contributed by atoms with Crippen molar-refractivity contribution in [3.05, 3.63) is 59.2 Å². The molecular weight excluding hydrogens is 464 g/mol. The standard InChI is InChI=1S/C26H36N4O4S/c1-4-29(5-2)18-15-27-25(31)21-10-12-22(13-11-21)28-26(32)24-19-23(14-9-20(24)3)35(33,34)30-16-7-6-8-17-30/h9-14,19H,4-8,15-18H2,1-3H3,(H,27,31)(H,28,32). The van der Waals surface area contributed by atoms with Gasteiger partial charge in [0.25, 0.3) is 11.8 Å². The van der Waals surface area contributed by atoms with Crippen LogP contribution in [0.5, 0.6) is 0 Å². The van der Waals surface area contributed by atoms with Crippen molar-refractivity contribution in [3.8, 4) is 0 Å². The summed E-state index contributed by atoms with van der Waals surface area (Å²) in [5.74, 6) is -0.559. The summed E-state index contributed by atoms with van der Waals surface area (Å²) in [6.45, 7) is 10.2. The van der Waals surface area contributed by atoms with Crippen LogP contribution < -0.4 is 10.6 Å². The average molecular weight is 501 g/mol.